The summed E-state index contributed by atoms with van der Waals surface area (Å²) in [5.74, 6) is 0. The molecule has 1 saturated heterocycles. The van der Waals surface area contributed by atoms with E-state index < -0.39 is 10.0 Å². The highest BCUT2D eigenvalue weighted by Gasteiger charge is 2.33. The number of sulfonamides is 1. The van der Waals surface area contributed by atoms with Crippen LogP contribution in [0.1, 0.15) is 25.7 Å². The molecule has 1 unspecified atom stereocenters. The summed E-state index contributed by atoms with van der Waals surface area (Å²) in [4.78, 5) is 0.263. The largest absolute Gasteiger partial charge is 0.320 e. The summed E-state index contributed by atoms with van der Waals surface area (Å²) in [6.07, 6.45) is 6.66. The van der Waals surface area contributed by atoms with Crippen LogP contribution in [0, 0.1) is 0 Å². The third-order valence-electron chi connectivity index (χ3n) is 3.38. The van der Waals surface area contributed by atoms with Crippen molar-refractivity contribution in [3.8, 4) is 0 Å². The van der Waals surface area contributed by atoms with E-state index in [9.17, 15) is 8.42 Å². The molecule has 2 N–H and O–H groups in total. The lowest BCUT2D eigenvalue weighted by atomic mass is 10.0. The Morgan fingerprint density at radius 1 is 1.56 bits per heavy atom. The number of aromatic nitrogens is 2. The lowest BCUT2D eigenvalue weighted by molar-refractivity contribution is 0.240. The molecule has 1 aliphatic rings. The average Bonchev–Trinajstić information content (AvgIpc) is 2.91. The van der Waals surface area contributed by atoms with E-state index in [1.54, 1.807) is 4.31 Å². The molecule has 1 fully saturated rings. The number of hydrogen-bond acceptors (Lipinski definition) is 4. The zero-order chi connectivity index (χ0) is 13.0. The minimum atomic E-state index is -3.39. The van der Waals surface area contributed by atoms with Gasteiger partial charge in [-0.05, 0) is 32.9 Å². The topological polar surface area (TPSA) is 78.1 Å². The number of aromatic amines is 1. The number of nitrogens with one attached hydrogen (secondary N) is 2. The molecule has 102 valence electrons. The van der Waals surface area contributed by atoms with E-state index in [0.29, 0.717) is 6.54 Å². The lowest BCUT2D eigenvalue weighted by Gasteiger charge is -2.34. The zero-order valence-corrected chi connectivity index (χ0v) is 11.4. The van der Waals surface area contributed by atoms with Gasteiger partial charge in [-0.15, -0.1) is 0 Å². The molecule has 1 aromatic rings. The van der Waals surface area contributed by atoms with Gasteiger partial charge in [0, 0.05) is 18.8 Å². The first-order valence-corrected chi connectivity index (χ1v) is 7.75. The van der Waals surface area contributed by atoms with Crippen LogP contribution >= 0.6 is 0 Å². The van der Waals surface area contributed by atoms with Gasteiger partial charge in [0.15, 0.2) is 0 Å². The molecule has 0 spiro atoms. The Balaban J connectivity index is 2.18. The van der Waals surface area contributed by atoms with Gasteiger partial charge in [-0.3, -0.25) is 5.10 Å². The van der Waals surface area contributed by atoms with Gasteiger partial charge in [-0.25, -0.2) is 8.42 Å². The number of nitrogens with zero attached hydrogens (tertiary/aromatic N) is 2. The first kappa shape index (κ1) is 13.5. The normalized spacial score (nSPS) is 22.2. The van der Waals surface area contributed by atoms with E-state index >= 15 is 0 Å². The van der Waals surface area contributed by atoms with Gasteiger partial charge in [0.05, 0.1) is 6.20 Å². The van der Waals surface area contributed by atoms with Crippen molar-refractivity contribution in [3.63, 3.8) is 0 Å². The van der Waals surface area contributed by atoms with Gasteiger partial charge in [0.1, 0.15) is 4.90 Å². The molecule has 0 amide bonds. The molecule has 0 radical (unpaired) electrons. The van der Waals surface area contributed by atoms with E-state index in [0.717, 1.165) is 32.2 Å². The first-order chi connectivity index (χ1) is 8.66. The molecule has 1 atom stereocenters. The fourth-order valence-corrected chi connectivity index (χ4v) is 4.04. The fraction of sp³-hybridized carbons (Fsp3) is 0.727. The van der Waals surface area contributed by atoms with Crippen molar-refractivity contribution < 1.29 is 8.42 Å². The summed E-state index contributed by atoms with van der Waals surface area (Å²) in [6, 6.07) is 0.103. The summed E-state index contributed by atoms with van der Waals surface area (Å²) in [7, 11) is -1.50. The predicted molar refractivity (Wildman–Crippen MR) is 68.7 cm³/mol. The number of piperidine rings is 1. The van der Waals surface area contributed by atoms with E-state index in [-0.39, 0.29) is 10.9 Å². The molecule has 7 heteroatoms. The maximum Gasteiger partial charge on any atom is 0.246 e. The van der Waals surface area contributed by atoms with Crippen molar-refractivity contribution in [1.82, 2.24) is 19.8 Å². The highest BCUT2D eigenvalue weighted by atomic mass is 32.2. The molecule has 2 rings (SSSR count). The summed E-state index contributed by atoms with van der Waals surface area (Å²) in [5.41, 5.74) is 0. The standard InChI is InChI=1S/C11H20N4O2S/c1-12-6-5-10-4-2-3-7-15(10)18(16,17)11-8-13-14-9-11/h8-10,12H,2-7H2,1H3,(H,13,14). The molecule has 0 aromatic carbocycles. The Labute approximate surface area is 108 Å². The van der Waals surface area contributed by atoms with Gasteiger partial charge in [0.25, 0.3) is 0 Å². The summed E-state index contributed by atoms with van der Waals surface area (Å²) < 4.78 is 26.6. The van der Waals surface area contributed by atoms with Crippen molar-refractivity contribution in [2.45, 2.75) is 36.6 Å². The van der Waals surface area contributed by atoms with E-state index in [1.165, 1.54) is 12.4 Å². The van der Waals surface area contributed by atoms with E-state index in [2.05, 4.69) is 15.5 Å². The van der Waals surface area contributed by atoms with Crippen molar-refractivity contribution in [2.75, 3.05) is 20.1 Å². The van der Waals surface area contributed by atoms with Gasteiger partial charge in [-0.2, -0.15) is 9.40 Å². The second-order valence-electron chi connectivity index (χ2n) is 4.59. The van der Waals surface area contributed by atoms with E-state index in [1.807, 2.05) is 7.05 Å². The lowest BCUT2D eigenvalue weighted by Crippen LogP contribution is -2.44. The van der Waals surface area contributed by atoms with E-state index in [4.69, 9.17) is 0 Å². The third kappa shape index (κ3) is 2.73. The van der Waals surface area contributed by atoms with Gasteiger partial charge in [-0.1, -0.05) is 6.42 Å². The second-order valence-corrected chi connectivity index (χ2v) is 6.48. The quantitative estimate of drug-likeness (QED) is 0.821. The SMILES string of the molecule is CNCCC1CCCCN1S(=O)(=O)c1cn[nH]c1. The minimum Gasteiger partial charge on any atom is -0.320 e. The number of rotatable bonds is 5. The van der Waals surface area contributed by atoms with Crippen molar-refractivity contribution >= 4 is 10.0 Å². The highest BCUT2D eigenvalue weighted by Crippen LogP contribution is 2.26. The predicted octanol–water partition coefficient (Wildman–Crippen LogP) is 0.562. The molecular formula is C11H20N4O2S. The van der Waals surface area contributed by atoms with Crippen LogP contribution in [-0.4, -0.2) is 49.1 Å². The Morgan fingerprint density at radius 2 is 2.39 bits per heavy atom. The zero-order valence-electron chi connectivity index (χ0n) is 10.6. The van der Waals surface area contributed by atoms with Crippen molar-refractivity contribution in [3.05, 3.63) is 12.4 Å². The molecule has 1 aromatic heterocycles. The van der Waals surface area contributed by atoms with Crippen LogP contribution in [0.5, 0.6) is 0 Å². The smallest absolute Gasteiger partial charge is 0.246 e. The Bertz CT molecular complexity index is 457. The molecule has 2 heterocycles. The molecule has 1 aliphatic heterocycles. The Morgan fingerprint density at radius 3 is 3.06 bits per heavy atom. The Kier molecular flexibility index (Phi) is 4.36. The minimum absolute atomic E-state index is 0.103. The van der Waals surface area contributed by atoms with Crippen molar-refractivity contribution in [1.29, 1.82) is 0 Å². The molecule has 0 saturated carbocycles. The van der Waals surface area contributed by atoms with Gasteiger partial charge < -0.3 is 5.32 Å². The summed E-state index contributed by atoms with van der Waals surface area (Å²) in [6.45, 7) is 1.45. The number of H-pyrrole nitrogens is 1. The summed E-state index contributed by atoms with van der Waals surface area (Å²) >= 11 is 0. The van der Waals surface area contributed by atoms with Crippen LogP contribution in [0.3, 0.4) is 0 Å². The molecule has 18 heavy (non-hydrogen) atoms. The average molecular weight is 272 g/mol. The number of hydrogen-bond donors (Lipinski definition) is 2. The highest BCUT2D eigenvalue weighted by molar-refractivity contribution is 7.89. The molecule has 0 bridgehead atoms. The first-order valence-electron chi connectivity index (χ1n) is 6.31. The van der Waals surface area contributed by atoms with Crippen LogP contribution in [0.25, 0.3) is 0 Å². The third-order valence-corrected chi connectivity index (χ3v) is 5.30. The van der Waals surface area contributed by atoms with Gasteiger partial charge in [0.2, 0.25) is 10.0 Å². The second kappa shape index (κ2) is 5.81. The summed E-state index contributed by atoms with van der Waals surface area (Å²) in [5, 5.41) is 9.37. The maximum absolute atomic E-state index is 12.5. The molecular weight excluding hydrogens is 252 g/mol. The van der Waals surface area contributed by atoms with Crippen LogP contribution < -0.4 is 5.32 Å². The van der Waals surface area contributed by atoms with Crippen LogP contribution in [0.15, 0.2) is 17.3 Å². The van der Waals surface area contributed by atoms with Crippen LogP contribution in [0.4, 0.5) is 0 Å². The van der Waals surface area contributed by atoms with Crippen LogP contribution in [0.2, 0.25) is 0 Å². The Hall–Kier alpha value is -0.920. The molecule has 0 aliphatic carbocycles. The van der Waals surface area contributed by atoms with Crippen LogP contribution in [-0.2, 0) is 10.0 Å². The maximum atomic E-state index is 12.5. The fourth-order valence-electron chi connectivity index (χ4n) is 2.41. The monoisotopic (exact) mass is 272 g/mol. The molecule has 6 nitrogen and oxygen atoms in total. The van der Waals surface area contributed by atoms with Crippen molar-refractivity contribution in [2.24, 2.45) is 0 Å². The van der Waals surface area contributed by atoms with Gasteiger partial charge >= 0.3 is 0 Å².